The lowest BCUT2D eigenvalue weighted by Gasteiger charge is -2.29. The molecule has 0 radical (unpaired) electrons. The van der Waals surface area contributed by atoms with Crippen LogP contribution in [0.15, 0.2) is 59.1 Å². The number of hydrogen-bond acceptors (Lipinski definition) is 2. The molecule has 0 saturated carbocycles. The molecule has 1 N–H and O–H groups in total. The van der Waals surface area contributed by atoms with Gasteiger partial charge >= 0.3 is 0 Å². The van der Waals surface area contributed by atoms with Gasteiger partial charge in [0.05, 0.1) is 6.42 Å². The summed E-state index contributed by atoms with van der Waals surface area (Å²) in [6, 6.07) is 16.9. The van der Waals surface area contributed by atoms with Gasteiger partial charge in [0, 0.05) is 17.1 Å². The summed E-state index contributed by atoms with van der Waals surface area (Å²) >= 11 is 3.46. The van der Waals surface area contributed by atoms with E-state index in [1.807, 2.05) is 68.4 Å². The van der Waals surface area contributed by atoms with Gasteiger partial charge in [-0.15, -0.1) is 0 Å². The molecule has 1 atom stereocenters. The van der Waals surface area contributed by atoms with Crippen LogP contribution in [0.2, 0.25) is 0 Å². The van der Waals surface area contributed by atoms with E-state index in [1.54, 1.807) is 11.8 Å². The monoisotopic (exact) mass is 416 g/mol. The summed E-state index contributed by atoms with van der Waals surface area (Å²) in [7, 11) is 0. The molecule has 26 heavy (non-hydrogen) atoms. The van der Waals surface area contributed by atoms with Crippen molar-refractivity contribution in [3.05, 3.63) is 70.2 Å². The molecule has 0 aliphatic heterocycles. The number of amides is 2. The van der Waals surface area contributed by atoms with Gasteiger partial charge < -0.3 is 10.2 Å². The molecule has 0 aliphatic carbocycles. The molecule has 0 aliphatic rings. The van der Waals surface area contributed by atoms with Crippen LogP contribution in [0.5, 0.6) is 0 Å². The van der Waals surface area contributed by atoms with Crippen molar-refractivity contribution in [3.63, 3.8) is 0 Å². The van der Waals surface area contributed by atoms with E-state index in [0.29, 0.717) is 6.54 Å². The Morgan fingerprint density at radius 1 is 1.00 bits per heavy atom. The number of rotatable bonds is 7. The van der Waals surface area contributed by atoms with Crippen molar-refractivity contribution >= 4 is 27.7 Å². The van der Waals surface area contributed by atoms with Crippen LogP contribution in [0.3, 0.4) is 0 Å². The highest BCUT2D eigenvalue weighted by molar-refractivity contribution is 9.10. The van der Waals surface area contributed by atoms with Crippen LogP contribution in [-0.4, -0.2) is 28.8 Å². The predicted molar refractivity (Wildman–Crippen MR) is 108 cm³/mol. The second-order valence-electron chi connectivity index (χ2n) is 6.65. The summed E-state index contributed by atoms with van der Waals surface area (Å²) in [4.78, 5) is 27.1. The maximum Gasteiger partial charge on any atom is 0.242 e. The van der Waals surface area contributed by atoms with E-state index in [4.69, 9.17) is 0 Å². The van der Waals surface area contributed by atoms with Gasteiger partial charge in [-0.05, 0) is 44.0 Å². The lowest BCUT2D eigenvalue weighted by molar-refractivity contribution is -0.140. The Hall–Kier alpha value is -2.14. The first kappa shape index (κ1) is 20.2. The smallest absolute Gasteiger partial charge is 0.242 e. The van der Waals surface area contributed by atoms with E-state index in [-0.39, 0.29) is 24.3 Å². The summed E-state index contributed by atoms with van der Waals surface area (Å²) in [6.45, 7) is 5.99. The number of halogens is 1. The largest absolute Gasteiger partial charge is 0.352 e. The van der Waals surface area contributed by atoms with Gasteiger partial charge in [-0.3, -0.25) is 9.59 Å². The number of nitrogens with one attached hydrogen (secondary N) is 1. The standard InChI is InChI=1S/C21H25BrN2O2/c1-15(2)23-21(26)16(3)24(14-18-10-7-11-19(22)12-18)20(25)13-17-8-5-4-6-9-17/h4-12,15-16H,13-14H2,1-3H3,(H,23,26). The average molecular weight is 417 g/mol. The predicted octanol–water partition coefficient (Wildman–Crippen LogP) is 3.93. The van der Waals surface area contributed by atoms with Gasteiger partial charge in [-0.1, -0.05) is 58.4 Å². The van der Waals surface area contributed by atoms with Crippen molar-refractivity contribution in [2.24, 2.45) is 0 Å². The summed E-state index contributed by atoms with van der Waals surface area (Å²) in [5, 5.41) is 2.90. The van der Waals surface area contributed by atoms with Gasteiger partial charge in [0.2, 0.25) is 11.8 Å². The molecular weight excluding hydrogens is 392 g/mol. The Morgan fingerprint density at radius 3 is 2.27 bits per heavy atom. The highest BCUT2D eigenvalue weighted by Gasteiger charge is 2.26. The first-order valence-electron chi connectivity index (χ1n) is 8.75. The minimum atomic E-state index is -0.549. The molecular formula is C21H25BrN2O2. The molecule has 0 heterocycles. The first-order chi connectivity index (χ1) is 12.4. The summed E-state index contributed by atoms with van der Waals surface area (Å²) in [6.07, 6.45) is 0.272. The lowest BCUT2D eigenvalue weighted by atomic mass is 10.1. The Bertz CT molecular complexity index is 747. The van der Waals surface area contributed by atoms with E-state index in [0.717, 1.165) is 15.6 Å². The van der Waals surface area contributed by atoms with Crippen molar-refractivity contribution in [3.8, 4) is 0 Å². The van der Waals surface area contributed by atoms with Crippen LogP contribution in [-0.2, 0) is 22.6 Å². The molecule has 2 aromatic rings. The Balaban J connectivity index is 2.22. The molecule has 138 valence electrons. The van der Waals surface area contributed by atoms with Gasteiger partial charge in [0.1, 0.15) is 6.04 Å². The van der Waals surface area contributed by atoms with Crippen LogP contribution < -0.4 is 5.32 Å². The van der Waals surface area contributed by atoms with Gasteiger partial charge in [-0.2, -0.15) is 0 Å². The molecule has 0 saturated heterocycles. The fourth-order valence-corrected chi connectivity index (χ4v) is 3.14. The number of carbonyl (C=O) groups is 2. The van der Waals surface area contributed by atoms with Crippen molar-refractivity contribution in [1.82, 2.24) is 10.2 Å². The van der Waals surface area contributed by atoms with E-state index >= 15 is 0 Å². The zero-order valence-corrected chi connectivity index (χ0v) is 17.0. The molecule has 2 amide bonds. The lowest BCUT2D eigenvalue weighted by Crippen LogP contribution is -2.49. The fraction of sp³-hybridized carbons (Fsp3) is 0.333. The maximum atomic E-state index is 13.0. The fourth-order valence-electron chi connectivity index (χ4n) is 2.69. The molecule has 2 aromatic carbocycles. The van der Waals surface area contributed by atoms with E-state index < -0.39 is 6.04 Å². The molecule has 0 spiro atoms. The molecule has 0 aromatic heterocycles. The molecule has 4 nitrogen and oxygen atoms in total. The zero-order valence-electron chi connectivity index (χ0n) is 15.4. The van der Waals surface area contributed by atoms with E-state index in [9.17, 15) is 9.59 Å². The van der Waals surface area contributed by atoms with E-state index in [1.165, 1.54) is 0 Å². The Kier molecular flexibility index (Phi) is 7.39. The van der Waals surface area contributed by atoms with Crippen LogP contribution in [0.25, 0.3) is 0 Å². The number of hydrogen-bond donors (Lipinski definition) is 1. The van der Waals surface area contributed by atoms with Gasteiger partial charge in [-0.25, -0.2) is 0 Å². The second kappa shape index (κ2) is 9.53. The third kappa shape index (κ3) is 5.99. The summed E-state index contributed by atoms with van der Waals surface area (Å²) in [5.41, 5.74) is 1.91. The van der Waals surface area contributed by atoms with Gasteiger partial charge in [0.25, 0.3) is 0 Å². The highest BCUT2D eigenvalue weighted by Crippen LogP contribution is 2.16. The van der Waals surface area contributed by atoms with Crippen LogP contribution in [0, 0.1) is 0 Å². The first-order valence-corrected chi connectivity index (χ1v) is 9.54. The minimum Gasteiger partial charge on any atom is -0.352 e. The molecule has 0 bridgehead atoms. The molecule has 1 unspecified atom stereocenters. The third-order valence-electron chi connectivity index (χ3n) is 4.04. The number of nitrogens with zero attached hydrogens (tertiary/aromatic N) is 1. The van der Waals surface area contributed by atoms with Crippen molar-refractivity contribution in [2.75, 3.05) is 0 Å². The van der Waals surface area contributed by atoms with Crippen LogP contribution in [0.1, 0.15) is 31.9 Å². The zero-order chi connectivity index (χ0) is 19.1. The van der Waals surface area contributed by atoms with Gasteiger partial charge in [0.15, 0.2) is 0 Å². The number of carbonyl (C=O) groups excluding carboxylic acids is 2. The van der Waals surface area contributed by atoms with Crippen LogP contribution in [0.4, 0.5) is 0 Å². The minimum absolute atomic E-state index is 0.0295. The summed E-state index contributed by atoms with van der Waals surface area (Å²) < 4.78 is 0.949. The Labute approximate surface area is 163 Å². The third-order valence-corrected chi connectivity index (χ3v) is 4.53. The van der Waals surface area contributed by atoms with Crippen molar-refractivity contribution in [2.45, 2.75) is 45.8 Å². The quantitative estimate of drug-likeness (QED) is 0.742. The average Bonchev–Trinajstić information content (AvgIpc) is 2.59. The van der Waals surface area contributed by atoms with Crippen molar-refractivity contribution < 1.29 is 9.59 Å². The normalized spacial score (nSPS) is 11.9. The topological polar surface area (TPSA) is 49.4 Å². The Morgan fingerprint density at radius 2 is 1.65 bits per heavy atom. The highest BCUT2D eigenvalue weighted by atomic mass is 79.9. The van der Waals surface area contributed by atoms with Crippen LogP contribution >= 0.6 is 15.9 Å². The molecule has 2 rings (SSSR count). The SMILES string of the molecule is CC(C)NC(=O)C(C)N(Cc1cccc(Br)c1)C(=O)Cc1ccccc1. The molecule has 0 fully saturated rings. The second-order valence-corrected chi connectivity index (χ2v) is 7.57. The number of benzene rings is 2. The van der Waals surface area contributed by atoms with Crippen molar-refractivity contribution in [1.29, 1.82) is 0 Å². The van der Waals surface area contributed by atoms with E-state index in [2.05, 4.69) is 21.2 Å². The summed E-state index contributed by atoms with van der Waals surface area (Å²) in [5.74, 6) is -0.209. The molecule has 5 heteroatoms. The maximum absolute atomic E-state index is 13.0.